The van der Waals surface area contributed by atoms with Gasteiger partial charge in [0, 0.05) is 6.20 Å². The quantitative estimate of drug-likeness (QED) is 0.578. The van der Waals surface area contributed by atoms with E-state index in [9.17, 15) is 4.79 Å². The minimum atomic E-state index is 0.473. The van der Waals surface area contributed by atoms with Crippen LogP contribution in [0.3, 0.4) is 0 Å². The molecule has 0 bridgehead atoms. The maximum absolute atomic E-state index is 10.3. The predicted molar refractivity (Wildman–Crippen MR) is 34.9 cm³/mol. The summed E-state index contributed by atoms with van der Waals surface area (Å²) in [6.45, 7) is 0. The molecule has 0 fully saturated rings. The molecule has 0 aliphatic rings. The summed E-state index contributed by atoms with van der Waals surface area (Å²) in [6, 6.07) is 1.80. The van der Waals surface area contributed by atoms with Crippen LogP contribution in [0.25, 0.3) is 5.52 Å². The summed E-state index contributed by atoms with van der Waals surface area (Å²) in [5, 5.41) is 2.87. The Balaban J connectivity index is 2.88. The molecule has 0 aromatic carbocycles. The number of nitrogens with zero attached hydrogens (tertiary/aromatic N) is 2. The van der Waals surface area contributed by atoms with Crippen LogP contribution >= 0.6 is 0 Å². The van der Waals surface area contributed by atoms with Gasteiger partial charge in [-0.15, -0.1) is 0 Å². The molecular formula is C6H5N3O. The number of aromatic nitrogens is 3. The monoisotopic (exact) mass is 135 g/mol. The Morgan fingerprint density at radius 3 is 3.40 bits per heavy atom. The van der Waals surface area contributed by atoms with E-state index < -0.39 is 0 Å². The number of aromatic amines is 1. The number of rotatable bonds is 1. The number of carbonyl (C=O) groups excluding carboxylic acids is 1. The molecule has 0 unspecified atom stereocenters. The van der Waals surface area contributed by atoms with Crippen molar-refractivity contribution >= 4 is 11.8 Å². The van der Waals surface area contributed by atoms with Crippen molar-refractivity contribution in [3.63, 3.8) is 0 Å². The number of aldehydes is 1. The zero-order valence-corrected chi connectivity index (χ0v) is 5.11. The molecule has 10 heavy (non-hydrogen) atoms. The highest BCUT2D eigenvalue weighted by Gasteiger charge is 2.00. The summed E-state index contributed by atoms with van der Waals surface area (Å²) in [4.78, 5) is 14.1. The molecule has 0 aliphatic heterocycles. The molecule has 2 rings (SSSR count). The lowest BCUT2D eigenvalue weighted by molar-refractivity contribution is 0.112. The Hall–Kier alpha value is -1.58. The van der Waals surface area contributed by atoms with Gasteiger partial charge in [-0.2, -0.15) is 0 Å². The first-order valence-electron chi connectivity index (χ1n) is 2.87. The van der Waals surface area contributed by atoms with Gasteiger partial charge in [-0.3, -0.25) is 4.79 Å². The maximum Gasteiger partial charge on any atom is 0.170 e. The van der Waals surface area contributed by atoms with Crippen molar-refractivity contribution in [2.75, 3.05) is 0 Å². The van der Waals surface area contributed by atoms with Crippen molar-refractivity contribution in [2.24, 2.45) is 0 Å². The number of nitrogens with one attached hydrogen (secondary N) is 1. The van der Waals surface area contributed by atoms with Crippen molar-refractivity contribution < 1.29 is 4.79 Å². The van der Waals surface area contributed by atoms with Gasteiger partial charge in [-0.1, -0.05) is 0 Å². The van der Waals surface area contributed by atoms with Gasteiger partial charge >= 0.3 is 0 Å². The van der Waals surface area contributed by atoms with Crippen molar-refractivity contribution in [1.82, 2.24) is 14.6 Å². The molecule has 2 aromatic heterocycles. The molecule has 4 nitrogen and oxygen atoms in total. The third kappa shape index (κ3) is 0.500. The average Bonchev–Trinajstić information content (AvgIpc) is 2.44. The SMILES string of the molecule is O=Cc1ncn2[nH]ccc12. The van der Waals surface area contributed by atoms with Crippen LogP contribution in [-0.2, 0) is 0 Å². The molecule has 1 N–H and O–H groups in total. The number of H-pyrrole nitrogens is 1. The molecule has 0 amide bonds. The zero-order valence-electron chi connectivity index (χ0n) is 5.11. The van der Waals surface area contributed by atoms with E-state index in [1.807, 2.05) is 0 Å². The Kier molecular flexibility index (Phi) is 0.887. The fourth-order valence-electron chi connectivity index (χ4n) is 0.928. The van der Waals surface area contributed by atoms with Gasteiger partial charge in [-0.05, 0) is 6.07 Å². The van der Waals surface area contributed by atoms with Gasteiger partial charge in [0.25, 0.3) is 0 Å². The third-order valence-electron chi connectivity index (χ3n) is 1.40. The first kappa shape index (κ1) is 5.22. The lowest BCUT2D eigenvalue weighted by atomic mass is 10.4. The molecule has 0 radical (unpaired) electrons. The largest absolute Gasteiger partial charge is 0.300 e. The fourth-order valence-corrected chi connectivity index (χ4v) is 0.928. The Morgan fingerprint density at radius 2 is 2.60 bits per heavy atom. The smallest absolute Gasteiger partial charge is 0.170 e. The van der Waals surface area contributed by atoms with Gasteiger partial charge in [0.05, 0.1) is 5.52 Å². The van der Waals surface area contributed by atoms with Gasteiger partial charge in [0.15, 0.2) is 6.29 Å². The summed E-state index contributed by atoms with van der Waals surface area (Å²) < 4.78 is 1.68. The van der Waals surface area contributed by atoms with E-state index in [2.05, 4.69) is 10.1 Å². The van der Waals surface area contributed by atoms with E-state index in [0.717, 1.165) is 11.8 Å². The second-order valence-corrected chi connectivity index (χ2v) is 1.97. The minimum Gasteiger partial charge on any atom is -0.300 e. The molecule has 2 aromatic rings. The molecule has 0 spiro atoms. The van der Waals surface area contributed by atoms with Crippen LogP contribution in [-0.4, -0.2) is 20.9 Å². The molecule has 50 valence electrons. The third-order valence-corrected chi connectivity index (χ3v) is 1.40. The summed E-state index contributed by atoms with van der Waals surface area (Å²) in [5.74, 6) is 0. The van der Waals surface area contributed by atoms with E-state index in [-0.39, 0.29) is 0 Å². The van der Waals surface area contributed by atoms with E-state index >= 15 is 0 Å². The van der Waals surface area contributed by atoms with Crippen molar-refractivity contribution in [3.05, 3.63) is 24.3 Å². The number of hydrogen-bond donors (Lipinski definition) is 1. The first-order valence-corrected chi connectivity index (χ1v) is 2.87. The van der Waals surface area contributed by atoms with Gasteiger partial charge < -0.3 is 5.10 Å². The Bertz CT molecular complexity index is 360. The highest BCUT2D eigenvalue weighted by atomic mass is 16.1. The maximum atomic E-state index is 10.3. The minimum absolute atomic E-state index is 0.473. The molecule has 2 heterocycles. The van der Waals surface area contributed by atoms with Crippen LogP contribution in [0, 0.1) is 0 Å². The summed E-state index contributed by atoms with van der Waals surface area (Å²) in [6.07, 6.45) is 4.06. The van der Waals surface area contributed by atoms with Crippen LogP contribution < -0.4 is 0 Å². The van der Waals surface area contributed by atoms with Crippen LogP contribution in [0.1, 0.15) is 10.5 Å². The first-order chi connectivity index (χ1) is 4.92. The van der Waals surface area contributed by atoms with E-state index in [1.54, 1.807) is 23.1 Å². The molecule has 4 heteroatoms. The van der Waals surface area contributed by atoms with Gasteiger partial charge in [0.1, 0.15) is 12.0 Å². The molecular weight excluding hydrogens is 130 g/mol. The number of hydrogen-bond acceptors (Lipinski definition) is 2. The van der Waals surface area contributed by atoms with Crippen molar-refractivity contribution in [2.45, 2.75) is 0 Å². The van der Waals surface area contributed by atoms with Crippen LogP contribution in [0.5, 0.6) is 0 Å². The van der Waals surface area contributed by atoms with Crippen molar-refractivity contribution in [1.29, 1.82) is 0 Å². The normalized spacial score (nSPS) is 10.4. The second-order valence-electron chi connectivity index (χ2n) is 1.97. The standard InChI is InChI=1S/C6H5N3O/c10-3-5-6-1-2-8-9(6)4-7-5/h1-4,8H. The molecule has 0 aliphatic carbocycles. The average molecular weight is 135 g/mol. The zero-order chi connectivity index (χ0) is 6.97. The number of carbonyl (C=O) groups is 1. The van der Waals surface area contributed by atoms with Crippen LogP contribution in [0.15, 0.2) is 18.6 Å². The number of imidazole rings is 1. The van der Waals surface area contributed by atoms with Crippen LogP contribution in [0.2, 0.25) is 0 Å². The fraction of sp³-hybridized carbons (Fsp3) is 0. The summed E-state index contributed by atoms with van der Waals surface area (Å²) >= 11 is 0. The summed E-state index contributed by atoms with van der Waals surface area (Å²) in [5.41, 5.74) is 1.29. The van der Waals surface area contributed by atoms with Crippen LogP contribution in [0.4, 0.5) is 0 Å². The van der Waals surface area contributed by atoms with Crippen molar-refractivity contribution in [3.8, 4) is 0 Å². The lowest BCUT2D eigenvalue weighted by Crippen LogP contribution is -1.78. The Labute approximate surface area is 56.5 Å². The highest BCUT2D eigenvalue weighted by Crippen LogP contribution is 2.03. The second kappa shape index (κ2) is 1.70. The topological polar surface area (TPSA) is 50.2 Å². The lowest BCUT2D eigenvalue weighted by Gasteiger charge is -1.77. The Morgan fingerprint density at radius 1 is 1.70 bits per heavy atom. The van der Waals surface area contributed by atoms with E-state index in [0.29, 0.717) is 5.69 Å². The number of fused-ring (bicyclic) bond motifs is 1. The molecule has 0 saturated heterocycles. The predicted octanol–water partition coefficient (Wildman–Crippen LogP) is 0.475. The molecule has 0 atom stereocenters. The van der Waals surface area contributed by atoms with Gasteiger partial charge in [0.2, 0.25) is 0 Å². The molecule has 0 saturated carbocycles. The van der Waals surface area contributed by atoms with E-state index in [4.69, 9.17) is 0 Å². The summed E-state index contributed by atoms with van der Waals surface area (Å²) in [7, 11) is 0. The van der Waals surface area contributed by atoms with Gasteiger partial charge in [-0.25, -0.2) is 9.50 Å². The highest BCUT2D eigenvalue weighted by molar-refractivity contribution is 5.83. The van der Waals surface area contributed by atoms with E-state index in [1.165, 1.54) is 0 Å².